The Kier molecular flexibility index (Phi) is 6.66. The zero-order chi connectivity index (χ0) is 20.1. The number of nitrogens with one attached hydrogen (secondary N) is 1. The third-order valence-corrected chi connectivity index (χ3v) is 5.44. The molecule has 0 saturated heterocycles. The summed E-state index contributed by atoms with van der Waals surface area (Å²) >= 11 is 8.62. The Bertz CT molecular complexity index is 1010. The van der Waals surface area contributed by atoms with Crippen LogP contribution in [0.1, 0.15) is 27.8 Å². The van der Waals surface area contributed by atoms with E-state index in [0.29, 0.717) is 21.3 Å². The second-order valence-corrected chi connectivity index (χ2v) is 7.51. The number of thioether (sulfide) groups is 1. The molecule has 3 aromatic rings. The number of rotatable bonds is 6. The molecule has 1 aromatic carbocycles. The highest BCUT2D eigenvalue weighted by Crippen LogP contribution is 2.36. The van der Waals surface area contributed by atoms with E-state index >= 15 is 0 Å². The molecule has 0 fully saturated rings. The molecule has 0 spiro atoms. The zero-order valence-corrected chi connectivity index (χ0v) is 17.5. The second kappa shape index (κ2) is 9.18. The molecule has 0 radical (unpaired) electrons. The fourth-order valence-corrected chi connectivity index (χ4v) is 3.93. The van der Waals surface area contributed by atoms with Crippen LogP contribution in [0.15, 0.2) is 47.1 Å². The molecule has 0 unspecified atom stereocenters. The van der Waals surface area contributed by atoms with Gasteiger partial charge in [0.15, 0.2) is 10.9 Å². The van der Waals surface area contributed by atoms with Crippen molar-refractivity contribution in [1.29, 1.82) is 0 Å². The minimum absolute atomic E-state index is 0.0467. The number of halogens is 1. The first-order valence-electron chi connectivity index (χ1n) is 8.27. The lowest BCUT2D eigenvalue weighted by molar-refractivity contribution is 0.0529. The Hall–Kier alpha value is -2.42. The van der Waals surface area contributed by atoms with Crippen LogP contribution in [-0.2, 0) is 4.74 Å². The molecule has 3 rings (SSSR count). The molecule has 1 amide bonds. The van der Waals surface area contributed by atoms with Crippen molar-refractivity contribution in [3.05, 3.63) is 58.2 Å². The van der Waals surface area contributed by atoms with Crippen molar-refractivity contribution < 1.29 is 14.3 Å². The molecule has 144 valence electrons. The average Bonchev–Trinajstić information content (AvgIpc) is 3.12. The van der Waals surface area contributed by atoms with Crippen LogP contribution in [0.4, 0.5) is 5.00 Å². The van der Waals surface area contributed by atoms with Gasteiger partial charge >= 0.3 is 5.97 Å². The molecule has 9 heteroatoms. The molecule has 0 aliphatic rings. The highest BCUT2D eigenvalue weighted by atomic mass is 35.5. The molecule has 2 heterocycles. The number of thiophene rings is 1. The van der Waals surface area contributed by atoms with Gasteiger partial charge in [-0.15, -0.1) is 11.3 Å². The van der Waals surface area contributed by atoms with Gasteiger partial charge in [0.05, 0.1) is 17.8 Å². The standard InChI is InChI=1S/C19H16ClN3O3S2/c1-3-26-18(25)14-12(11-7-5-4-6-8-11)10-28-17(14)23-16(24)15-13(20)9-21-19(22-15)27-2/h4-10H,3H2,1-2H3,(H,23,24). The summed E-state index contributed by atoms with van der Waals surface area (Å²) in [6.45, 7) is 1.96. The molecule has 0 aliphatic heterocycles. The third-order valence-electron chi connectivity index (χ3n) is 3.70. The lowest BCUT2D eigenvalue weighted by Crippen LogP contribution is -2.17. The van der Waals surface area contributed by atoms with E-state index in [1.807, 2.05) is 35.7 Å². The zero-order valence-electron chi connectivity index (χ0n) is 15.1. The topological polar surface area (TPSA) is 81.2 Å². The number of hydrogen-bond donors (Lipinski definition) is 1. The Balaban J connectivity index is 1.99. The van der Waals surface area contributed by atoms with Crippen LogP contribution in [0.2, 0.25) is 5.02 Å². The van der Waals surface area contributed by atoms with E-state index in [1.165, 1.54) is 29.3 Å². The number of amides is 1. The monoisotopic (exact) mass is 433 g/mol. The number of hydrogen-bond acceptors (Lipinski definition) is 7. The van der Waals surface area contributed by atoms with E-state index < -0.39 is 11.9 Å². The summed E-state index contributed by atoms with van der Waals surface area (Å²) in [6.07, 6.45) is 3.18. The maximum atomic E-state index is 12.7. The molecule has 28 heavy (non-hydrogen) atoms. The normalized spacial score (nSPS) is 10.5. The van der Waals surface area contributed by atoms with E-state index in [-0.39, 0.29) is 17.3 Å². The number of ether oxygens (including phenoxy) is 1. The van der Waals surface area contributed by atoms with Gasteiger partial charge in [0.25, 0.3) is 5.91 Å². The summed E-state index contributed by atoms with van der Waals surface area (Å²) in [5.41, 5.74) is 1.90. The van der Waals surface area contributed by atoms with E-state index in [0.717, 1.165) is 5.56 Å². The van der Waals surface area contributed by atoms with E-state index in [1.54, 1.807) is 13.2 Å². The van der Waals surface area contributed by atoms with Crippen molar-refractivity contribution in [2.45, 2.75) is 12.1 Å². The summed E-state index contributed by atoms with van der Waals surface area (Å²) in [6, 6.07) is 9.43. The molecule has 0 bridgehead atoms. The second-order valence-electron chi connectivity index (χ2n) is 5.45. The van der Waals surface area contributed by atoms with Crippen molar-refractivity contribution in [3.8, 4) is 11.1 Å². The quantitative estimate of drug-likeness (QED) is 0.334. The first-order chi connectivity index (χ1) is 13.5. The SMILES string of the molecule is CCOC(=O)c1c(-c2ccccc2)csc1NC(=O)c1nc(SC)ncc1Cl. The van der Waals surface area contributed by atoms with E-state index in [4.69, 9.17) is 16.3 Å². The lowest BCUT2D eigenvalue weighted by Gasteiger charge is -2.09. The van der Waals surface area contributed by atoms with Crippen LogP contribution in [0, 0.1) is 0 Å². The summed E-state index contributed by atoms with van der Waals surface area (Å²) < 4.78 is 5.20. The van der Waals surface area contributed by atoms with Crippen LogP contribution in [-0.4, -0.2) is 34.7 Å². The van der Waals surface area contributed by atoms with Gasteiger partial charge in [-0.2, -0.15) is 0 Å². The number of nitrogens with zero attached hydrogens (tertiary/aromatic N) is 2. The average molecular weight is 434 g/mol. The smallest absolute Gasteiger partial charge is 0.341 e. The number of benzene rings is 1. The van der Waals surface area contributed by atoms with Crippen molar-refractivity contribution in [2.75, 3.05) is 18.2 Å². The Morgan fingerprint density at radius 1 is 1.29 bits per heavy atom. The summed E-state index contributed by atoms with van der Waals surface area (Å²) in [4.78, 5) is 33.5. The number of aromatic nitrogens is 2. The molecule has 0 aliphatic carbocycles. The highest BCUT2D eigenvalue weighted by molar-refractivity contribution is 7.98. The van der Waals surface area contributed by atoms with Crippen molar-refractivity contribution >= 4 is 51.6 Å². The minimum atomic E-state index is -0.519. The Labute approximate surface area is 175 Å². The van der Waals surface area contributed by atoms with Gasteiger partial charge in [-0.1, -0.05) is 53.7 Å². The lowest BCUT2D eigenvalue weighted by atomic mass is 10.0. The molecule has 2 aromatic heterocycles. The number of esters is 1. The first-order valence-corrected chi connectivity index (χ1v) is 10.7. The molecule has 1 N–H and O–H groups in total. The van der Waals surface area contributed by atoms with Gasteiger partial charge in [0.2, 0.25) is 0 Å². The Morgan fingerprint density at radius 2 is 2.04 bits per heavy atom. The summed E-state index contributed by atoms with van der Waals surface area (Å²) in [5, 5.41) is 5.49. The van der Waals surface area contributed by atoms with Gasteiger partial charge in [-0.25, -0.2) is 14.8 Å². The number of carbonyl (C=O) groups excluding carboxylic acids is 2. The number of carbonyl (C=O) groups is 2. The fraction of sp³-hybridized carbons (Fsp3) is 0.158. The molecule has 0 atom stereocenters. The van der Waals surface area contributed by atoms with Gasteiger partial charge in [-0.3, -0.25) is 4.79 Å². The van der Waals surface area contributed by atoms with Crippen molar-refractivity contribution in [1.82, 2.24) is 9.97 Å². The van der Waals surface area contributed by atoms with Crippen molar-refractivity contribution in [3.63, 3.8) is 0 Å². The highest BCUT2D eigenvalue weighted by Gasteiger charge is 2.24. The van der Waals surface area contributed by atoms with Crippen LogP contribution in [0.3, 0.4) is 0 Å². The van der Waals surface area contributed by atoms with Crippen LogP contribution < -0.4 is 5.32 Å². The van der Waals surface area contributed by atoms with Crippen LogP contribution in [0.5, 0.6) is 0 Å². The van der Waals surface area contributed by atoms with Crippen LogP contribution >= 0.6 is 34.7 Å². The molecular formula is C19H16ClN3O3S2. The third kappa shape index (κ3) is 4.35. The molecule has 0 saturated carbocycles. The van der Waals surface area contributed by atoms with Gasteiger partial charge < -0.3 is 10.1 Å². The van der Waals surface area contributed by atoms with E-state index in [2.05, 4.69) is 15.3 Å². The summed E-state index contributed by atoms with van der Waals surface area (Å²) in [5.74, 6) is -1.02. The summed E-state index contributed by atoms with van der Waals surface area (Å²) in [7, 11) is 0. The predicted molar refractivity (Wildman–Crippen MR) is 112 cm³/mol. The molecule has 6 nitrogen and oxygen atoms in total. The van der Waals surface area contributed by atoms with Crippen molar-refractivity contribution in [2.24, 2.45) is 0 Å². The van der Waals surface area contributed by atoms with E-state index in [9.17, 15) is 9.59 Å². The minimum Gasteiger partial charge on any atom is -0.462 e. The number of anilines is 1. The van der Waals surface area contributed by atoms with Gasteiger partial charge in [-0.05, 0) is 18.7 Å². The maximum absolute atomic E-state index is 12.7. The molecular weight excluding hydrogens is 418 g/mol. The Morgan fingerprint density at radius 3 is 2.71 bits per heavy atom. The van der Waals surface area contributed by atoms with Gasteiger partial charge in [0, 0.05) is 10.9 Å². The van der Waals surface area contributed by atoms with Gasteiger partial charge in [0.1, 0.15) is 10.6 Å². The predicted octanol–water partition coefficient (Wildman–Crippen LogP) is 5.01. The first kappa shape index (κ1) is 20.3. The maximum Gasteiger partial charge on any atom is 0.341 e. The largest absolute Gasteiger partial charge is 0.462 e. The van der Waals surface area contributed by atoms with Crippen LogP contribution in [0.25, 0.3) is 11.1 Å². The fourth-order valence-electron chi connectivity index (χ4n) is 2.46.